The zero-order valence-corrected chi connectivity index (χ0v) is 13.0. The molecule has 0 saturated carbocycles. The molecule has 0 amide bonds. The summed E-state index contributed by atoms with van der Waals surface area (Å²) in [4.78, 5) is 12.6. The van der Waals surface area contributed by atoms with Crippen LogP contribution in [0.4, 0.5) is 0 Å². The van der Waals surface area contributed by atoms with Gasteiger partial charge in [0.25, 0.3) is 0 Å². The van der Waals surface area contributed by atoms with Crippen LogP contribution in [-0.2, 0) is 5.75 Å². The molecule has 3 aromatic rings. The van der Waals surface area contributed by atoms with Crippen LogP contribution in [-0.4, -0.2) is 20.1 Å². The van der Waals surface area contributed by atoms with Crippen LogP contribution < -0.4 is 0 Å². The van der Waals surface area contributed by atoms with E-state index in [0.29, 0.717) is 5.16 Å². The number of pyridine rings is 1. The molecular weight excluding hydrogens is 306 g/mol. The Kier molecular flexibility index (Phi) is 4.98. The van der Waals surface area contributed by atoms with Gasteiger partial charge in [-0.3, -0.25) is 4.98 Å². The molecule has 6 heteroatoms. The molecular formula is C15H14ClN3OS. The van der Waals surface area contributed by atoms with Gasteiger partial charge in [-0.2, -0.15) is 4.98 Å². The van der Waals surface area contributed by atoms with Gasteiger partial charge in [0.15, 0.2) is 5.16 Å². The predicted molar refractivity (Wildman–Crippen MR) is 87.0 cm³/mol. The fourth-order valence-electron chi connectivity index (χ4n) is 2.03. The number of thioether (sulfide) groups is 1. The van der Waals surface area contributed by atoms with Gasteiger partial charge in [0.2, 0.25) is 5.88 Å². The molecule has 3 rings (SSSR count). The van der Waals surface area contributed by atoms with E-state index in [1.165, 1.54) is 17.1 Å². The lowest BCUT2D eigenvalue weighted by Gasteiger charge is -2.05. The van der Waals surface area contributed by atoms with E-state index in [-0.39, 0.29) is 18.3 Å². The first-order valence-corrected chi connectivity index (χ1v) is 7.20. The van der Waals surface area contributed by atoms with Crippen LogP contribution >= 0.6 is 24.2 Å². The lowest BCUT2D eigenvalue weighted by Crippen LogP contribution is -1.91. The van der Waals surface area contributed by atoms with E-state index < -0.39 is 0 Å². The molecule has 2 aromatic heterocycles. The van der Waals surface area contributed by atoms with E-state index in [1.54, 1.807) is 6.07 Å². The maximum absolute atomic E-state index is 9.49. The fraction of sp³-hybridized carbons (Fsp3) is 0.133. The van der Waals surface area contributed by atoms with Crippen molar-refractivity contribution in [3.8, 4) is 5.88 Å². The van der Waals surface area contributed by atoms with Crippen molar-refractivity contribution < 1.29 is 5.11 Å². The molecule has 0 aliphatic rings. The number of hydrogen-bond acceptors (Lipinski definition) is 5. The average Bonchev–Trinajstić information content (AvgIpc) is 2.44. The quantitative estimate of drug-likeness (QED) is 0.588. The summed E-state index contributed by atoms with van der Waals surface area (Å²) in [7, 11) is 0. The zero-order chi connectivity index (χ0) is 13.9. The molecule has 0 atom stereocenters. The highest BCUT2D eigenvalue weighted by Gasteiger charge is 2.05. The molecule has 21 heavy (non-hydrogen) atoms. The Morgan fingerprint density at radius 2 is 1.95 bits per heavy atom. The molecule has 2 heterocycles. The van der Waals surface area contributed by atoms with E-state index in [1.807, 2.05) is 37.5 Å². The monoisotopic (exact) mass is 319 g/mol. The molecule has 0 saturated heterocycles. The van der Waals surface area contributed by atoms with Gasteiger partial charge in [0.05, 0.1) is 0 Å². The Bertz CT molecular complexity index is 741. The van der Waals surface area contributed by atoms with Gasteiger partial charge >= 0.3 is 0 Å². The number of aromatic hydroxyl groups is 1. The molecule has 1 aromatic carbocycles. The highest BCUT2D eigenvalue weighted by atomic mass is 35.5. The number of nitrogens with zero attached hydrogens (tertiary/aromatic N) is 3. The zero-order valence-electron chi connectivity index (χ0n) is 11.4. The van der Waals surface area contributed by atoms with E-state index in [2.05, 4.69) is 21.0 Å². The topological polar surface area (TPSA) is 58.9 Å². The summed E-state index contributed by atoms with van der Waals surface area (Å²) in [6.45, 7) is 1.84. The molecule has 108 valence electrons. The summed E-state index contributed by atoms with van der Waals surface area (Å²) in [5, 5.41) is 12.4. The number of aryl methyl sites for hydroxylation is 1. The summed E-state index contributed by atoms with van der Waals surface area (Å²) in [5.74, 6) is 0.730. The van der Waals surface area contributed by atoms with Crippen molar-refractivity contribution in [2.75, 3.05) is 0 Å². The highest BCUT2D eigenvalue weighted by Crippen LogP contribution is 2.25. The van der Waals surface area contributed by atoms with Crippen molar-refractivity contribution in [3.63, 3.8) is 0 Å². The van der Waals surface area contributed by atoms with Gasteiger partial charge < -0.3 is 5.11 Å². The minimum absolute atomic E-state index is 0. The number of fused-ring (bicyclic) bond motifs is 1. The Morgan fingerprint density at radius 3 is 2.76 bits per heavy atom. The highest BCUT2D eigenvalue weighted by molar-refractivity contribution is 7.98. The summed E-state index contributed by atoms with van der Waals surface area (Å²) < 4.78 is 0. The maximum Gasteiger partial charge on any atom is 0.215 e. The lowest BCUT2D eigenvalue weighted by molar-refractivity contribution is 0.444. The van der Waals surface area contributed by atoms with E-state index in [0.717, 1.165) is 22.4 Å². The molecule has 0 fully saturated rings. The SMILES string of the molecule is Cc1cc(O)nc(SCc2cncc3ccccc23)n1.Cl. The van der Waals surface area contributed by atoms with Crippen molar-refractivity contribution in [1.29, 1.82) is 0 Å². The minimum Gasteiger partial charge on any atom is -0.493 e. The van der Waals surface area contributed by atoms with Crippen LogP contribution in [0.5, 0.6) is 5.88 Å². The predicted octanol–water partition coefficient (Wildman–Crippen LogP) is 3.75. The van der Waals surface area contributed by atoms with Gasteiger partial charge in [-0.05, 0) is 17.9 Å². The van der Waals surface area contributed by atoms with Crippen LogP contribution in [0.25, 0.3) is 10.8 Å². The Morgan fingerprint density at radius 1 is 1.14 bits per heavy atom. The van der Waals surface area contributed by atoms with Crippen molar-refractivity contribution >= 4 is 34.9 Å². The molecule has 1 N–H and O–H groups in total. The van der Waals surface area contributed by atoms with E-state index >= 15 is 0 Å². The Balaban J connectivity index is 0.00000161. The van der Waals surface area contributed by atoms with Crippen LogP contribution in [0.15, 0.2) is 47.9 Å². The van der Waals surface area contributed by atoms with Crippen molar-refractivity contribution in [2.24, 2.45) is 0 Å². The molecule has 0 unspecified atom stereocenters. The number of hydrogen-bond donors (Lipinski definition) is 1. The van der Waals surface area contributed by atoms with Crippen molar-refractivity contribution in [1.82, 2.24) is 15.0 Å². The van der Waals surface area contributed by atoms with E-state index in [4.69, 9.17) is 0 Å². The van der Waals surface area contributed by atoms with E-state index in [9.17, 15) is 5.11 Å². The summed E-state index contributed by atoms with van der Waals surface area (Å²) in [6.07, 6.45) is 3.73. The lowest BCUT2D eigenvalue weighted by atomic mass is 10.1. The Hall–Kier alpha value is -1.85. The normalized spacial score (nSPS) is 10.3. The third-order valence-corrected chi connectivity index (χ3v) is 3.82. The summed E-state index contributed by atoms with van der Waals surface area (Å²) >= 11 is 1.49. The first-order valence-electron chi connectivity index (χ1n) is 6.21. The Labute approximate surface area is 133 Å². The molecule has 4 nitrogen and oxygen atoms in total. The number of rotatable bonds is 3. The largest absolute Gasteiger partial charge is 0.493 e. The van der Waals surface area contributed by atoms with Gasteiger partial charge in [-0.1, -0.05) is 36.0 Å². The second-order valence-corrected chi connectivity index (χ2v) is 5.40. The molecule has 0 radical (unpaired) electrons. The smallest absolute Gasteiger partial charge is 0.215 e. The van der Waals surface area contributed by atoms with Crippen molar-refractivity contribution in [3.05, 3.63) is 54.0 Å². The second-order valence-electron chi connectivity index (χ2n) is 4.46. The summed E-state index contributed by atoms with van der Waals surface area (Å²) in [5.41, 5.74) is 1.90. The maximum atomic E-state index is 9.49. The number of aromatic nitrogens is 3. The third kappa shape index (κ3) is 3.62. The minimum atomic E-state index is 0. The molecule has 0 aliphatic carbocycles. The standard InChI is InChI=1S/C15H13N3OS.ClH/c1-10-6-14(19)18-15(17-10)20-9-12-8-16-7-11-4-2-3-5-13(11)12;/h2-8H,9H2,1H3,(H,17,18,19);1H. The molecule has 0 spiro atoms. The third-order valence-electron chi connectivity index (χ3n) is 2.93. The van der Waals surface area contributed by atoms with Crippen LogP contribution in [0.2, 0.25) is 0 Å². The van der Waals surface area contributed by atoms with Gasteiger partial charge in [-0.15, -0.1) is 12.4 Å². The number of benzene rings is 1. The first kappa shape index (κ1) is 15.5. The average molecular weight is 320 g/mol. The van der Waals surface area contributed by atoms with Gasteiger partial charge in [-0.25, -0.2) is 4.98 Å². The first-order chi connectivity index (χ1) is 9.72. The summed E-state index contributed by atoms with van der Waals surface area (Å²) in [6, 6.07) is 9.70. The number of halogens is 1. The van der Waals surface area contributed by atoms with Crippen LogP contribution in [0.3, 0.4) is 0 Å². The molecule has 0 aliphatic heterocycles. The molecule has 0 bridgehead atoms. The second kappa shape index (κ2) is 6.74. The fourth-order valence-corrected chi connectivity index (χ4v) is 2.91. The van der Waals surface area contributed by atoms with Gasteiger partial charge in [0, 0.05) is 35.3 Å². The van der Waals surface area contributed by atoms with Crippen molar-refractivity contribution in [2.45, 2.75) is 17.8 Å². The van der Waals surface area contributed by atoms with Gasteiger partial charge in [0.1, 0.15) is 0 Å². The van der Waals surface area contributed by atoms with Crippen LogP contribution in [0.1, 0.15) is 11.3 Å². The van der Waals surface area contributed by atoms with Crippen LogP contribution in [0, 0.1) is 6.92 Å².